The highest BCUT2D eigenvalue weighted by atomic mass is 33.1. The predicted octanol–water partition coefficient (Wildman–Crippen LogP) is 2.01. The molecule has 0 aromatic carbocycles. The number of pyridine rings is 1. The van der Waals surface area contributed by atoms with Crippen molar-refractivity contribution in [3.05, 3.63) is 34.5 Å². The number of hydrogen-bond donors (Lipinski definition) is 0. The molecule has 0 fully saturated rings. The van der Waals surface area contributed by atoms with E-state index >= 15 is 0 Å². The van der Waals surface area contributed by atoms with Gasteiger partial charge in [-0.1, -0.05) is 6.07 Å². The van der Waals surface area contributed by atoms with Crippen molar-refractivity contribution >= 4 is 21.8 Å². The molecule has 1 heterocycles. The molecule has 58 valence electrons. The van der Waals surface area contributed by atoms with Gasteiger partial charge in [0.15, 0.2) is 0 Å². The minimum Gasteiger partial charge on any atom is -0.250 e. The fraction of sp³-hybridized carbons (Fsp3) is 0. The molecule has 0 saturated carbocycles. The predicted molar refractivity (Wildman–Crippen MR) is 44.7 cm³/mol. The van der Waals surface area contributed by atoms with E-state index in [1.165, 1.54) is 0 Å². The van der Waals surface area contributed by atoms with E-state index in [2.05, 4.69) is 4.98 Å². The zero-order chi connectivity index (χ0) is 8.10. The molecule has 0 aliphatic rings. The van der Waals surface area contributed by atoms with Crippen LogP contribution in [0.2, 0.25) is 0 Å². The SMILES string of the molecule is O=[N+]([O-])SSc1ccccn1. The molecule has 0 N–H and O–H groups in total. The molecule has 0 bridgehead atoms. The Hall–Kier alpha value is -0.750. The Bertz CT molecular complexity index is 241. The molecule has 1 rings (SSSR count). The second-order valence-electron chi connectivity index (χ2n) is 1.55. The van der Waals surface area contributed by atoms with Gasteiger partial charge in [-0.3, -0.25) is 0 Å². The zero-order valence-electron chi connectivity index (χ0n) is 5.34. The Morgan fingerprint density at radius 1 is 1.55 bits per heavy atom. The highest BCUT2D eigenvalue weighted by Gasteiger charge is 2.03. The van der Waals surface area contributed by atoms with Crippen LogP contribution < -0.4 is 0 Å². The van der Waals surface area contributed by atoms with Crippen LogP contribution in [0.4, 0.5) is 0 Å². The van der Waals surface area contributed by atoms with E-state index in [1.807, 2.05) is 0 Å². The molecule has 0 saturated heterocycles. The van der Waals surface area contributed by atoms with Gasteiger partial charge in [0.2, 0.25) is 0 Å². The van der Waals surface area contributed by atoms with Crippen molar-refractivity contribution < 1.29 is 4.33 Å². The van der Waals surface area contributed by atoms with Crippen LogP contribution in [0.25, 0.3) is 0 Å². The molecule has 11 heavy (non-hydrogen) atoms. The highest BCUT2D eigenvalue weighted by Crippen LogP contribution is 2.28. The van der Waals surface area contributed by atoms with Gasteiger partial charge < -0.3 is 0 Å². The van der Waals surface area contributed by atoms with Gasteiger partial charge in [0, 0.05) is 17.0 Å². The topological polar surface area (TPSA) is 56.0 Å². The normalized spacial score (nSPS) is 9.45. The van der Waals surface area contributed by atoms with Crippen LogP contribution in [0.1, 0.15) is 0 Å². The summed E-state index contributed by atoms with van der Waals surface area (Å²) in [6.07, 6.45) is 1.60. The van der Waals surface area contributed by atoms with E-state index < -0.39 is 4.33 Å². The number of aromatic nitrogens is 1. The largest absolute Gasteiger partial charge is 0.307 e. The Morgan fingerprint density at radius 3 is 2.91 bits per heavy atom. The fourth-order valence-electron chi connectivity index (χ4n) is 0.465. The van der Waals surface area contributed by atoms with Gasteiger partial charge in [0.1, 0.15) is 9.35 Å². The van der Waals surface area contributed by atoms with Crippen molar-refractivity contribution in [2.45, 2.75) is 5.03 Å². The summed E-state index contributed by atoms with van der Waals surface area (Å²) in [7, 11) is 1.60. The summed E-state index contributed by atoms with van der Waals surface area (Å²) in [5.74, 6) is 0. The number of nitro groups is 1. The molecule has 4 nitrogen and oxygen atoms in total. The Balaban J connectivity index is 2.45. The highest BCUT2D eigenvalue weighted by molar-refractivity contribution is 8.74. The summed E-state index contributed by atoms with van der Waals surface area (Å²) in [5, 5.41) is 10.5. The maximum Gasteiger partial charge on any atom is 0.307 e. The number of hydrogen-bond acceptors (Lipinski definition) is 5. The first-order valence-electron chi connectivity index (χ1n) is 2.69. The van der Waals surface area contributed by atoms with Crippen molar-refractivity contribution in [1.82, 2.24) is 4.98 Å². The van der Waals surface area contributed by atoms with E-state index in [9.17, 15) is 10.1 Å². The first-order valence-corrected chi connectivity index (χ1v) is 4.80. The standard InChI is InChI=1S/C5H4N2O2S2/c8-7(9)11-10-5-3-1-2-4-6-5/h1-4H. The molecule has 0 atom stereocenters. The van der Waals surface area contributed by atoms with Gasteiger partial charge in [-0.2, -0.15) is 0 Å². The van der Waals surface area contributed by atoms with Crippen molar-refractivity contribution in [3.8, 4) is 0 Å². The van der Waals surface area contributed by atoms with Crippen molar-refractivity contribution in [2.24, 2.45) is 0 Å². The average molecular weight is 188 g/mol. The smallest absolute Gasteiger partial charge is 0.250 e. The zero-order valence-corrected chi connectivity index (χ0v) is 6.97. The molecule has 6 heteroatoms. The second kappa shape index (κ2) is 4.20. The maximum atomic E-state index is 9.89. The summed E-state index contributed by atoms with van der Waals surface area (Å²) in [6, 6.07) is 5.28. The Kier molecular flexibility index (Phi) is 3.18. The molecule has 1 aromatic heterocycles. The van der Waals surface area contributed by atoms with Crippen LogP contribution >= 0.6 is 21.8 Å². The van der Waals surface area contributed by atoms with Gasteiger partial charge >= 0.3 is 11.0 Å². The van der Waals surface area contributed by atoms with E-state index in [4.69, 9.17) is 0 Å². The van der Waals surface area contributed by atoms with Crippen LogP contribution in [0, 0.1) is 10.1 Å². The van der Waals surface area contributed by atoms with E-state index in [0.29, 0.717) is 16.0 Å². The Labute approximate surface area is 71.1 Å². The lowest BCUT2D eigenvalue weighted by molar-refractivity contribution is -0.280. The first kappa shape index (κ1) is 8.35. The third-order valence-electron chi connectivity index (χ3n) is 0.821. The van der Waals surface area contributed by atoms with E-state index in [1.54, 1.807) is 24.4 Å². The van der Waals surface area contributed by atoms with Crippen LogP contribution in [0.15, 0.2) is 29.4 Å². The third kappa shape index (κ3) is 3.24. The molecule has 0 radical (unpaired) electrons. The molecule has 0 aliphatic carbocycles. The molecular formula is C5H4N2O2S2. The van der Waals surface area contributed by atoms with Gasteiger partial charge in [-0.15, -0.1) is 0 Å². The first-order chi connectivity index (χ1) is 5.29. The van der Waals surface area contributed by atoms with Gasteiger partial charge in [0.05, 0.1) is 0 Å². The summed E-state index contributed by atoms with van der Waals surface area (Å²) < 4.78 is -0.459. The lowest BCUT2D eigenvalue weighted by Crippen LogP contribution is -1.79. The lowest BCUT2D eigenvalue weighted by atomic mass is 10.5. The maximum absolute atomic E-state index is 9.89. The molecule has 0 aliphatic heterocycles. The summed E-state index contributed by atoms with van der Waals surface area (Å²) >= 11 is 0. The van der Waals surface area contributed by atoms with Crippen LogP contribution in [0.3, 0.4) is 0 Å². The minimum atomic E-state index is -0.459. The third-order valence-corrected chi connectivity index (χ3v) is 2.53. The van der Waals surface area contributed by atoms with Crippen LogP contribution in [-0.2, 0) is 0 Å². The van der Waals surface area contributed by atoms with Gasteiger partial charge in [0.25, 0.3) is 0 Å². The summed E-state index contributed by atoms with van der Waals surface area (Å²) in [6.45, 7) is 0. The van der Waals surface area contributed by atoms with Crippen molar-refractivity contribution in [3.63, 3.8) is 0 Å². The summed E-state index contributed by atoms with van der Waals surface area (Å²) in [4.78, 5) is 13.8. The molecule has 0 unspecified atom stereocenters. The quantitative estimate of drug-likeness (QED) is 0.314. The second-order valence-corrected chi connectivity index (χ2v) is 3.53. The van der Waals surface area contributed by atoms with Gasteiger partial charge in [-0.05, 0) is 12.1 Å². The van der Waals surface area contributed by atoms with Crippen molar-refractivity contribution in [2.75, 3.05) is 0 Å². The summed E-state index contributed by atoms with van der Waals surface area (Å²) in [5.41, 5.74) is 0. The van der Waals surface area contributed by atoms with E-state index in [0.717, 1.165) is 10.8 Å². The number of rotatable bonds is 3. The minimum absolute atomic E-state index is 0.459. The molecule has 1 aromatic rings. The Morgan fingerprint density at radius 2 is 2.36 bits per heavy atom. The lowest BCUT2D eigenvalue weighted by Gasteiger charge is -1.89. The molecular weight excluding hydrogens is 184 g/mol. The molecule has 0 spiro atoms. The van der Waals surface area contributed by atoms with Crippen LogP contribution in [-0.4, -0.2) is 9.31 Å². The van der Waals surface area contributed by atoms with Gasteiger partial charge in [-0.25, -0.2) is 15.1 Å². The molecule has 0 amide bonds. The van der Waals surface area contributed by atoms with Crippen molar-refractivity contribution in [1.29, 1.82) is 0 Å². The monoisotopic (exact) mass is 188 g/mol. The van der Waals surface area contributed by atoms with Crippen LogP contribution in [0.5, 0.6) is 0 Å². The fourth-order valence-corrected chi connectivity index (χ4v) is 1.55. The average Bonchev–Trinajstić information content (AvgIpc) is 2.03. The number of nitrogens with zero attached hydrogens (tertiary/aromatic N) is 2. The van der Waals surface area contributed by atoms with E-state index in [-0.39, 0.29) is 0 Å².